The fourth-order valence-corrected chi connectivity index (χ4v) is 4.06. The van der Waals surface area contributed by atoms with Crippen LogP contribution in [0, 0.1) is 0 Å². The zero-order valence-electron chi connectivity index (χ0n) is 19.0. The average molecular weight is 479 g/mol. The van der Waals surface area contributed by atoms with Crippen molar-refractivity contribution in [2.75, 3.05) is 6.54 Å². The lowest BCUT2D eigenvalue weighted by atomic mass is 9.95. The second kappa shape index (κ2) is 11.3. The summed E-state index contributed by atoms with van der Waals surface area (Å²) in [6.45, 7) is 2.30. The number of hydrogen-bond donors (Lipinski definition) is 2. The number of hydrogen-bond acceptors (Lipinski definition) is 4. The van der Waals surface area contributed by atoms with Crippen molar-refractivity contribution in [1.82, 2.24) is 20.2 Å². The van der Waals surface area contributed by atoms with Gasteiger partial charge in [0.15, 0.2) is 6.04 Å². The quantitative estimate of drug-likeness (QED) is 0.553. The third-order valence-electron chi connectivity index (χ3n) is 5.93. The molecule has 2 aromatic heterocycles. The lowest BCUT2D eigenvalue weighted by Gasteiger charge is -2.26. The molecule has 1 saturated carbocycles. The number of alkyl halides is 3. The van der Waals surface area contributed by atoms with Crippen LogP contribution in [0.5, 0.6) is 0 Å². The van der Waals surface area contributed by atoms with Gasteiger partial charge in [0.05, 0.1) is 5.69 Å². The van der Waals surface area contributed by atoms with Gasteiger partial charge < -0.3 is 15.2 Å². The molecular formula is C24H29F3N4O3. The molecule has 2 amide bonds. The fraction of sp³-hybridized carbons (Fsp3) is 0.500. The highest BCUT2D eigenvalue weighted by Gasteiger charge is 2.43. The molecule has 1 aliphatic carbocycles. The van der Waals surface area contributed by atoms with Crippen LogP contribution in [0.25, 0.3) is 0 Å². The monoisotopic (exact) mass is 478 g/mol. The van der Waals surface area contributed by atoms with Gasteiger partial charge in [-0.05, 0) is 31.4 Å². The van der Waals surface area contributed by atoms with Crippen molar-refractivity contribution in [3.05, 3.63) is 63.8 Å². The lowest BCUT2D eigenvalue weighted by Crippen LogP contribution is -2.41. The molecule has 184 valence electrons. The number of halogens is 3. The Morgan fingerprint density at radius 1 is 1.12 bits per heavy atom. The predicted octanol–water partition coefficient (Wildman–Crippen LogP) is 4.31. The minimum Gasteiger partial charge on any atom is -0.352 e. The first kappa shape index (κ1) is 25.5. The van der Waals surface area contributed by atoms with Crippen molar-refractivity contribution < 1.29 is 22.8 Å². The smallest absolute Gasteiger partial charge is 0.352 e. The average Bonchev–Trinajstić information content (AvgIpc) is 2.83. The van der Waals surface area contributed by atoms with Crippen LogP contribution in [-0.2, 0) is 0 Å². The molecule has 34 heavy (non-hydrogen) atoms. The Labute approximate surface area is 195 Å². The zero-order valence-corrected chi connectivity index (χ0v) is 19.0. The molecular weight excluding hydrogens is 449 g/mol. The third-order valence-corrected chi connectivity index (χ3v) is 5.93. The number of rotatable bonds is 8. The van der Waals surface area contributed by atoms with E-state index < -0.39 is 40.7 Å². The van der Waals surface area contributed by atoms with E-state index in [0.29, 0.717) is 13.0 Å². The Hall–Kier alpha value is -3.17. The molecule has 0 saturated heterocycles. The van der Waals surface area contributed by atoms with Gasteiger partial charge in [0, 0.05) is 31.2 Å². The van der Waals surface area contributed by atoms with Gasteiger partial charge in [0.2, 0.25) is 5.43 Å². The topological polar surface area (TPSA) is 93.1 Å². The summed E-state index contributed by atoms with van der Waals surface area (Å²) in [6.07, 6.45) is 5.13. The van der Waals surface area contributed by atoms with E-state index in [1.807, 2.05) is 12.2 Å². The Bertz CT molecular complexity index is 1050. The normalized spacial score (nSPS) is 15.5. The Morgan fingerprint density at radius 2 is 1.79 bits per heavy atom. The standard InChI is InChI=1S/C24H29F3N4O3/c1-2-3-12-29-22(33)17-14-31(16-9-5-4-6-10-16)15-18(20(17)32)23(34)30-21(24(25,26)27)19-11-7-8-13-28-19/h7-8,11,13-16,21H,2-6,9-10,12H2,1H3,(H,29,33)(H,30,34). The van der Waals surface area contributed by atoms with Crippen LogP contribution in [0.3, 0.4) is 0 Å². The van der Waals surface area contributed by atoms with Crippen LogP contribution in [0.4, 0.5) is 13.2 Å². The zero-order chi connectivity index (χ0) is 24.7. The van der Waals surface area contributed by atoms with Gasteiger partial charge in [0.25, 0.3) is 11.8 Å². The molecule has 0 radical (unpaired) electrons. The van der Waals surface area contributed by atoms with Gasteiger partial charge in [-0.15, -0.1) is 0 Å². The number of nitrogens with one attached hydrogen (secondary N) is 2. The maximum absolute atomic E-state index is 13.7. The van der Waals surface area contributed by atoms with Crippen molar-refractivity contribution in [3.8, 4) is 0 Å². The highest BCUT2D eigenvalue weighted by Crippen LogP contribution is 2.32. The number of amides is 2. The molecule has 1 aliphatic rings. The second-order valence-electron chi connectivity index (χ2n) is 8.47. The molecule has 1 unspecified atom stereocenters. The number of carbonyl (C=O) groups is 2. The van der Waals surface area contributed by atoms with E-state index in [9.17, 15) is 27.6 Å². The van der Waals surface area contributed by atoms with Crippen molar-refractivity contribution in [2.45, 2.75) is 70.1 Å². The predicted molar refractivity (Wildman–Crippen MR) is 121 cm³/mol. The van der Waals surface area contributed by atoms with E-state index in [4.69, 9.17) is 0 Å². The Balaban J connectivity index is 1.99. The highest BCUT2D eigenvalue weighted by molar-refractivity contribution is 5.99. The van der Waals surface area contributed by atoms with Gasteiger partial charge in [-0.2, -0.15) is 13.2 Å². The van der Waals surface area contributed by atoms with Crippen molar-refractivity contribution in [1.29, 1.82) is 0 Å². The second-order valence-corrected chi connectivity index (χ2v) is 8.47. The summed E-state index contributed by atoms with van der Waals surface area (Å²) in [5, 5.41) is 4.56. The van der Waals surface area contributed by atoms with Crippen LogP contribution in [-0.4, -0.2) is 34.1 Å². The lowest BCUT2D eigenvalue weighted by molar-refractivity contribution is -0.156. The van der Waals surface area contributed by atoms with Gasteiger partial charge in [-0.1, -0.05) is 38.7 Å². The number of pyridine rings is 2. The first-order valence-electron chi connectivity index (χ1n) is 11.5. The van der Waals surface area contributed by atoms with Crippen LogP contribution in [0.2, 0.25) is 0 Å². The molecule has 7 nitrogen and oxygen atoms in total. The molecule has 3 rings (SSSR count). The van der Waals surface area contributed by atoms with Gasteiger partial charge >= 0.3 is 6.18 Å². The summed E-state index contributed by atoms with van der Waals surface area (Å²) in [4.78, 5) is 42.5. The molecule has 2 aromatic rings. The van der Waals surface area contributed by atoms with E-state index in [1.165, 1.54) is 30.7 Å². The van der Waals surface area contributed by atoms with E-state index in [2.05, 4.69) is 10.3 Å². The van der Waals surface area contributed by atoms with Gasteiger partial charge in [-0.25, -0.2) is 0 Å². The molecule has 0 spiro atoms. The third kappa shape index (κ3) is 6.24. The minimum atomic E-state index is -4.83. The number of nitrogens with zero attached hydrogens (tertiary/aromatic N) is 2. The van der Waals surface area contributed by atoms with Gasteiger partial charge in [0.1, 0.15) is 11.1 Å². The van der Waals surface area contributed by atoms with E-state index in [0.717, 1.165) is 44.6 Å². The maximum atomic E-state index is 13.7. The molecule has 0 bridgehead atoms. The van der Waals surface area contributed by atoms with E-state index in [1.54, 1.807) is 4.57 Å². The summed E-state index contributed by atoms with van der Waals surface area (Å²) in [6, 6.07) is 1.55. The summed E-state index contributed by atoms with van der Waals surface area (Å²) in [7, 11) is 0. The first-order chi connectivity index (χ1) is 16.2. The Kier molecular flexibility index (Phi) is 8.46. The van der Waals surface area contributed by atoms with Crippen LogP contribution in [0.1, 0.15) is 90.4 Å². The molecule has 2 heterocycles. The van der Waals surface area contributed by atoms with E-state index in [-0.39, 0.29) is 11.6 Å². The van der Waals surface area contributed by atoms with Crippen molar-refractivity contribution in [3.63, 3.8) is 0 Å². The van der Waals surface area contributed by atoms with Crippen LogP contribution < -0.4 is 16.1 Å². The number of aromatic nitrogens is 2. The molecule has 1 atom stereocenters. The summed E-state index contributed by atoms with van der Waals surface area (Å²) in [5.41, 5.74) is -2.06. The van der Waals surface area contributed by atoms with Crippen molar-refractivity contribution in [2.24, 2.45) is 0 Å². The SMILES string of the molecule is CCCCNC(=O)c1cn(C2CCCCC2)cc(C(=O)NC(c2ccccn2)C(F)(F)F)c1=O. The Morgan fingerprint density at radius 3 is 2.38 bits per heavy atom. The highest BCUT2D eigenvalue weighted by atomic mass is 19.4. The molecule has 10 heteroatoms. The summed E-state index contributed by atoms with van der Waals surface area (Å²) < 4.78 is 42.8. The maximum Gasteiger partial charge on any atom is 0.414 e. The first-order valence-corrected chi connectivity index (χ1v) is 11.5. The molecule has 0 aromatic carbocycles. The fourth-order valence-electron chi connectivity index (χ4n) is 4.06. The molecule has 2 N–H and O–H groups in total. The molecule has 1 fully saturated rings. The summed E-state index contributed by atoms with van der Waals surface area (Å²) in [5.74, 6) is -1.85. The molecule has 0 aliphatic heterocycles. The minimum absolute atomic E-state index is 0.0442. The van der Waals surface area contributed by atoms with E-state index >= 15 is 0 Å². The largest absolute Gasteiger partial charge is 0.414 e. The van der Waals surface area contributed by atoms with Crippen molar-refractivity contribution >= 4 is 11.8 Å². The van der Waals surface area contributed by atoms with Crippen LogP contribution >= 0.6 is 0 Å². The van der Waals surface area contributed by atoms with Gasteiger partial charge in [-0.3, -0.25) is 19.4 Å². The number of unbranched alkanes of at least 4 members (excludes halogenated alkanes) is 1. The summed E-state index contributed by atoms with van der Waals surface area (Å²) >= 11 is 0. The van der Waals surface area contributed by atoms with Crippen LogP contribution in [0.15, 0.2) is 41.6 Å². The number of carbonyl (C=O) groups excluding carboxylic acids is 2.